The maximum Gasteiger partial charge on any atom is 0.416 e. The summed E-state index contributed by atoms with van der Waals surface area (Å²) in [5.74, 6) is 0.0185. The van der Waals surface area contributed by atoms with Gasteiger partial charge in [0.25, 0.3) is 5.56 Å². The van der Waals surface area contributed by atoms with Crippen LogP contribution in [0.2, 0.25) is 0 Å². The summed E-state index contributed by atoms with van der Waals surface area (Å²) in [7, 11) is 3.82. The van der Waals surface area contributed by atoms with Crippen LogP contribution in [0, 0.1) is 0 Å². The lowest BCUT2D eigenvalue weighted by Crippen LogP contribution is -2.20. The second-order valence-electron chi connectivity index (χ2n) is 7.50. The van der Waals surface area contributed by atoms with Crippen LogP contribution in [0.25, 0.3) is 22.3 Å². The molecule has 0 aliphatic rings. The maximum atomic E-state index is 13.3. The number of halogens is 4. The molecule has 0 amide bonds. The monoisotopic (exact) mass is 514 g/mol. The Kier molecular flexibility index (Phi) is 6.07. The van der Waals surface area contributed by atoms with Crippen molar-refractivity contribution in [2.24, 2.45) is 5.10 Å². The van der Waals surface area contributed by atoms with Gasteiger partial charge >= 0.3 is 6.18 Å². The van der Waals surface area contributed by atoms with Gasteiger partial charge in [0.05, 0.1) is 28.4 Å². The summed E-state index contributed by atoms with van der Waals surface area (Å²) in [5.41, 5.74) is 0.853. The van der Waals surface area contributed by atoms with E-state index in [1.54, 1.807) is 24.3 Å². The van der Waals surface area contributed by atoms with Crippen LogP contribution >= 0.6 is 15.9 Å². The van der Waals surface area contributed by atoms with E-state index in [4.69, 9.17) is 0 Å². The average Bonchev–Trinajstić information content (AvgIpc) is 2.77. The third kappa shape index (κ3) is 4.68. The average molecular weight is 515 g/mol. The fourth-order valence-corrected chi connectivity index (χ4v) is 4.09. The van der Waals surface area contributed by atoms with Crippen molar-refractivity contribution in [3.8, 4) is 11.4 Å². The van der Waals surface area contributed by atoms with Gasteiger partial charge in [-0.05, 0) is 57.9 Å². The van der Waals surface area contributed by atoms with Crippen molar-refractivity contribution in [2.45, 2.75) is 6.18 Å². The number of para-hydroxylation sites is 1. The number of rotatable bonds is 4. The quantitative estimate of drug-likeness (QED) is 0.323. The topological polar surface area (TPSA) is 50.5 Å². The molecule has 9 heteroatoms. The predicted octanol–water partition coefficient (Wildman–Crippen LogP) is 5.79. The first kappa shape index (κ1) is 22.7. The van der Waals surface area contributed by atoms with Crippen molar-refractivity contribution in [2.75, 3.05) is 19.0 Å². The smallest absolute Gasteiger partial charge is 0.377 e. The van der Waals surface area contributed by atoms with Crippen LogP contribution in [0.3, 0.4) is 0 Å². The zero-order valence-corrected chi connectivity index (χ0v) is 19.2. The Morgan fingerprint density at radius 1 is 1.03 bits per heavy atom. The molecule has 0 bridgehead atoms. The predicted molar refractivity (Wildman–Crippen MR) is 128 cm³/mol. The highest BCUT2D eigenvalue weighted by atomic mass is 79.9. The number of benzene rings is 3. The molecule has 0 aliphatic heterocycles. The Morgan fingerprint density at radius 3 is 2.48 bits per heavy atom. The van der Waals surface area contributed by atoms with Crippen LogP contribution in [0.1, 0.15) is 11.1 Å². The lowest BCUT2D eigenvalue weighted by Gasteiger charge is -2.14. The van der Waals surface area contributed by atoms with E-state index in [-0.39, 0.29) is 11.4 Å². The molecule has 0 aliphatic carbocycles. The summed E-state index contributed by atoms with van der Waals surface area (Å²) in [5, 5.41) is 4.63. The minimum absolute atomic E-state index is 0.0185. The molecule has 0 fully saturated rings. The minimum atomic E-state index is -4.53. The third-order valence-corrected chi connectivity index (χ3v) is 5.61. The van der Waals surface area contributed by atoms with Crippen LogP contribution < -0.4 is 10.5 Å². The molecule has 4 aromatic rings. The van der Waals surface area contributed by atoms with Crippen molar-refractivity contribution in [3.05, 3.63) is 92.7 Å². The summed E-state index contributed by atoms with van der Waals surface area (Å²) >= 11 is 3.51. The van der Waals surface area contributed by atoms with E-state index >= 15 is 0 Å². The van der Waals surface area contributed by atoms with Gasteiger partial charge in [-0.2, -0.15) is 22.9 Å². The van der Waals surface area contributed by atoms with Crippen LogP contribution in [-0.4, -0.2) is 30.0 Å². The molecule has 168 valence electrons. The summed E-state index contributed by atoms with van der Waals surface area (Å²) in [6.07, 6.45) is -3.05. The summed E-state index contributed by atoms with van der Waals surface area (Å²) in [6, 6.07) is 16.9. The Balaban J connectivity index is 1.89. The van der Waals surface area contributed by atoms with Crippen LogP contribution in [0.15, 0.2) is 81.1 Å². The first-order valence-corrected chi connectivity index (χ1v) is 10.6. The maximum absolute atomic E-state index is 13.3. The molecule has 0 N–H and O–H groups in total. The Morgan fingerprint density at radius 2 is 1.79 bits per heavy atom. The number of fused-ring (bicyclic) bond motifs is 1. The van der Waals surface area contributed by atoms with Crippen LogP contribution in [0.4, 0.5) is 18.9 Å². The normalized spacial score (nSPS) is 11.9. The highest BCUT2D eigenvalue weighted by molar-refractivity contribution is 9.10. The molecule has 1 aromatic heterocycles. The lowest BCUT2D eigenvalue weighted by molar-refractivity contribution is -0.137. The van der Waals surface area contributed by atoms with E-state index in [1.165, 1.54) is 18.3 Å². The second kappa shape index (κ2) is 8.82. The van der Waals surface area contributed by atoms with Gasteiger partial charge in [0.1, 0.15) is 0 Å². The van der Waals surface area contributed by atoms with Gasteiger partial charge in [-0.3, -0.25) is 4.79 Å². The molecule has 0 radical (unpaired) electrons. The first-order valence-electron chi connectivity index (χ1n) is 9.86. The summed E-state index contributed by atoms with van der Waals surface area (Å²) < 4.78 is 41.7. The second-order valence-corrected chi connectivity index (χ2v) is 8.35. The van der Waals surface area contributed by atoms with Crippen LogP contribution in [-0.2, 0) is 6.18 Å². The molecule has 5 nitrogen and oxygen atoms in total. The van der Waals surface area contributed by atoms with Crippen molar-refractivity contribution in [1.82, 2.24) is 9.66 Å². The van der Waals surface area contributed by atoms with Crippen molar-refractivity contribution in [1.29, 1.82) is 0 Å². The van der Waals surface area contributed by atoms with E-state index in [1.807, 2.05) is 37.2 Å². The fraction of sp³-hybridized carbons (Fsp3) is 0.125. The first-order chi connectivity index (χ1) is 15.6. The molecule has 4 rings (SSSR count). The number of hydrogen-bond donors (Lipinski definition) is 0. The SMILES string of the molecule is CN(C)c1ccc(C=Nn2c(-c3cccc(C(F)(F)F)c3)nc3ccccc3c2=O)cc1Br. The zero-order chi connectivity index (χ0) is 23.8. The highest BCUT2D eigenvalue weighted by Crippen LogP contribution is 2.32. The molecular formula is C24H18BrF3N4O. The number of alkyl halides is 3. The third-order valence-electron chi connectivity index (χ3n) is 4.98. The Hall–Kier alpha value is -3.46. The van der Waals surface area contributed by atoms with Crippen molar-refractivity contribution < 1.29 is 13.2 Å². The van der Waals surface area contributed by atoms with E-state index < -0.39 is 17.3 Å². The van der Waals surface area contributed by atoms with Crippen LogP contribution in [0.5, 0.6) is 0 Å². The van der Waals surface area contributed by atoms with Gasteiger partial charge in [-0.25, -0.2) is 4.98 Å². The van der Waals surface area contributed by atoms with Crippen molar-refractivity contribution >= 4 is 38.7 Å². The number of nitrogens with zero attached hydrogens (tertiary/aromatic N) is 4. The molecule has 3 aromatic carbocycles. The van der Waals surface area contributed by atoms with Crippen molar-refractivity contribution in [3.63, 3.8) is 0 Å². The van der Waals surface area contributed by atoms with Gasteiger partial charge in [0, 0.05) is 24.1 Å². The van der Waals surface area contributed by atoms with E-state index in [2.05, 4.69) is 26.0 Å². The molecule has 1 heterocycles. The van der Waals surface area contributed by atoms with Gasteiger partial charge in [-0.1, -0.05) is 30.3 Å². The molecule has 0 saturated heterocycles. The summed E-state index contributed by atoms with van der Waals surface area (Å²) in [6.45, 7) is 0. The molecule has 0 unspecified atom stereocenters. The van der Waals surface area contributed by atoms with Gasteiger partial charge in [-0.15, -0.1) is 0 Å². The fourth-order valence-electron chi connectivity index (χ4n) is 3.34. The van der Waals surface area contributed by atoms with Gasteiger partial charge in [0.2, 0.25) is 0 Å². The summed E-state index contributed by atoms with van der Waals surface area (Å²) in [4.78, 5) is 19.6. The van der Waals surface area contributed by atoms with Gasteiger partial charge in [0.15, 0.2) is 5.82 Å². The molecule has 0 atom stereocenters. The van der Waals surface area contributed by atoms with Gasteiger partial charge < -0.3 is 4.90 Å². The van der Waals surface area contributed by atoms with E-state index in [0.717, 1.165) is 27.0 Å². The lowest BCUT2D eigenvalue weighted by atomic mass is 10.1. The molecule has 33 heavy (non-hydrogen) atoms. The largest absolute Gasteiger partial charge is 0.416 e. The highest BCUT2D eigenvalue weighted by Gasteiger charge is 2.30. The van der Waals surface area contributed by atoms with E-state index in [0.29, 0.717) is 16.5 Å². The zero-order valence-electron chi connectivity index (χ0n) is 17.6. The number of anilines is 1. The molecule has 0 spiro atoms. The molecular weight excluding hydrogens is 497 g/mol. The standard InChI is InChI=1S/C24H18BrF3N4O/c1-31(2)21-11-10-15(12-19(21)25)14-29-32-22(16-6-5-7-17(13-16)24(26,27)28)30-20-9-4-3-8-18(20)23(32)33/h3-14H,1-2H3. The van der Waals surface area contributed by atoms with E-state index in [9.17, 15) is 18.0 Å². The Bertz CT molecular complexity index is 1430. The molecule has 0 saturated carbocycles. The number of aromatic nitrogens is 2. The number of hydrogen-bond acceptors (Lipinski definition) is 4. The Labute approximate surface area is 195 Å². The minimum Gasteiger partial charge on any atom is -0.377 e.